The first kappa shape index (κ1) is 8.93. The number of ether oxygens (including phenoxy) is 2. The summed E-state index contributed by atoms with van der Waals surface area (Å²) in [7, 11) is 1.53. The molecule has 0 saturated carbocycles. The Labute approximate surface area is 65.7 Å². The molecule has 4 nitrogen and oxygen atoms in total. The molecule has 66 valence electrons. The third kappa shape index (κ3) is 1.90. The Morgan fingerprint density at radius 3 is 2.91 bits per heavy atom. The molecule has 2 N–H and O–H groups in total. The van der Waals surface area contributed by atoms with E-state index in [1.807, 2.05) is 0 Å². The molecule has 1 rings (SSSR count). The van der Waals surface area contributed by atoms with E-state index in [2.05, 4.69) is 0 Å². The summed E-state index contributed by atoms with van der Waals surface area (Å²) in [6, 6.07) is 0. The van der Waals surface area contributed by atoms with Crippen LogP contribution in [0.2, 0.25) is 0 Å². The van der Waals surface area contributed by atoms with Crippen LogP contribution in [-0.4, -0.2) is 48.8 Å². The van der Waals surface area contributed by atoms with Gasteiger partial charge in [0.1, 0.15) is 12.2 Å². The minimum absolute atomic E-state index is 0.0667. The molecule has 0 aromatic rings. The molecule has 0 aliphatic carbocycles. The summed E-state index contributed by atoms with van der Waals surface area (Å²) < 4.78 is 10.2. The van der Waals surface area contributed by atoms with E-state index in [4.69, 9.17) is 14.6 Å². The Morgan fingerprint density at radius 2 is 2.36 bits per heavy atom. The van der Waals surface area contributed by atoms with Gasteiger partial charge in [0.05, 0.1) is 12.7 Å². The standard InChI is InChI=1S/C7H14O4/c1-10-7-5(9)4-11-6(7)2-3-8/h5-9H,2-4H2,1H3/t5-,6?,7?/m1/s1. The van der Waals surface area contributed by atoms with E-state index in [1.54, 1.807) is 0 Å². The van der Waals surface area contributed by atoms with Gasteiger partial charge in [-0.1, -0.05) is 0 Å². The second kappa shape index (κ2) is 4.01. The van der Waals surface area contributed by atoms with Crippen LogP contribution in [0.5, 0.6) is 0 Å². The zero-order chi connectivity index (χ0) is 8.27. The maximum atomic E-state index is 9.25. The van der Waals surface area contributed by atoms with Gasteiger partial charge in [-0.15, -0.1) is 0 Å². The van der Waals surface area contributed by atoms with E-state index < -0.39 is 6.10 Å². The normalized spacial score (nSPS) is 37.9. The van der Waals surface area contributed by atoms with Crippen LogP contribution in [0.1, 0.15) is 6.42 Å². The van der Waals surface area contributed by atoms with Crippen LogP contribution in [0.4, 0.5) is 0 Å². The highest BCUT2D eigenvalue weighted by molar-refractivity contribution is 4.83. The molecule has 1 heterocycles. The Balaban J connectivity index is 2.40. The predicted molar refractivity (Wildman–Crippen MR) is 38.2 cm³/mol. The molecule has 11 heavy (non-hydrogen) atoms. The minimum Gasteiger partial charge on any atom is -0.396 e. The lowest BCUT2D eigenvalue weighted by atomic mass is 10.1. The van der Waals surface area contributed by atoms with Gasteiger partial charge in [0.15, 0.2) is 0 Å². The van der Waals surface area contributed by atoms with Crippen molar-refractivity contribution >= 4 is 0 Å². The average Bonchev–Trinajstić information content (AvgIpc) is 2.33. The molecule has 1 fully saturated rings. The van der Waals surface area contributed by atoms with E-state index in [1.165, 1.54) is 7.11 Å². The van der Waals surface area contributed by atoms with E-state index in [0.717, 1.165) is 0 Å². The molecule has 0 spiro atoms. The third-order valence-corrected chi connectivity index (χ3v) is 1.91. The first-order chi connectivity index (χ1) is 5.29. The van der Waals surface area contributed by atoms with Gasteiger partial charge in [-0.05, 0) is 6.42 Å². The zero-order valence-corrected chi connectivity index (χ0v) is 6.56. The molecule has 0 bridgehead atoms. The van der Waals surface area contributed by atoms with Crippen LogP contribution < -0.4 is 0 Å². The van der Waals surface area contributed by atoms with E-state index in [0.29, 0.717) is 13.0 Å². The summed E-state index contributed by atoms with van der Waals surface area (Å²) in [5, 5.41) is 17.9. The number of hydrogen-bond acceptors (Lipinski definition) is 4. The van der Waals surface area contributed by atoms with Crippen molar-refractivity contribution in [3.05, 3.63) is 0 Å². The second-order valence-electron chi connectivity index (χ2n) is 2.65. The summed E-state index contributed by atoms with van der Waals surface area (Å²) in [4.78, 5) is 0. The molecular formula is C7H14O4. The molecule has 0 aromatic carbocycles. The average molecular weight is 162 g/mol. The minimum atomic E-state index is -0.545. The van der Waals surface area contributed by atoms with E-state index >= 15 is 0 Å². The van der Waals surface area contributed by atoms with Gasteiger partial charge < -0.3 is 19.7 Å². The van der Waals surface area contributed by atoms with Crippen LogP contribution in [0.15, 0.2) is 0 Å². The predicted octanol–water partition coefficient (Wildman–Crippen LogP) is -0.857. The van der Waals surface area contributed by atoms with Gasteiger partial charge in [-0.25, -0.2) is 0 Å². The van der Waals surface area contributed by atoms with Crippen molar-refractivity contribution in [1.82, 2.24) is 0 Å². The number of aliphatic hydroxyl groups excluding tert-OH is 2. The monoisotopic (exact) mass is 162 g/mol. The van der Waals surface area contributed by atoms with Crippen molar-refractivity contribution in [3.63, 3.8) is 0 Å². The Kier molecular flexibility index (Phi) is 3.26. The first-order valence-corrected chi connectivity index (χ1v) is 3.73. The van der Waals surface area contributed by atoms with Crippen LogP contribution in [-0.2, 0) is 9.47 Å². The molecule has 1 aliphatic heterocycles. The molecule has 0 amide bonds. The van der Waals surface area contributed by atoms with Crippen molar-refractivity contribution in [3.8, 4) is 0 Å². The lowest BCUT2D eigenvalue weighted by Crippen LogP contribution is -2.32. The van der Waals surface area contributed by atoms with E-state index in [9.17, 15) is 5.11 Å². The van der Waals surface area contributed by atoms with Gasteiger partial charge in [0, 0.05) is 13.7 Å². The van der Waals surface area contributed by atoms with Crippen molar-refractivity contribution in [2.75, 3.05) is 20.3 Å². The lowest BCUT2D eigenvalue weighted by molar-refractivity contribution is -0.0180. The molecule has 0 aromatic heterocycles. The number of hydrogen-bond donors (Lipinski definition) is 2. The topological polar surface area (TPSA) is 58.9 Å². The highest BCUT2D eigenvalue weighted by Gasteiger charge is 2.35. The summed E-state index contributed by atoms with van der Waals surface area (Å²) in [6.45, 7) is 0.375. The summed E-state index contributed by atoms with van der Waals surface area (Å²) in [5.74, 6) is 0. The second-order valence-corrected chi connectivity index (χ2v) is 2.65. The van der Waals surface area contributed by atoms with Crippen molar-refractivity contribution < 1.29 is 19.7 Å². The number of rotatable bonds is 3. The zero-order valence-electron chi connectivity index (χ0n) is 6.56. The number of aliphatic hydroxyl groups is 2. The maximum absolute atomic E-state index is 9.25. The molecule has 1 aliphatic rings. The van der Waals surface area contributed by atoms with Crippen LogP contribution >= 0.6 is 0 Å². The molecular weight excluding hydrogens is 148 g/mol. The molecule has 4 heteroatoms. The first-order valence-electron chi connectivity index (χ1n) is 3.73. The quantitative estimate of drug-likeness (QED) is 0.567. The van der Waals surface area contributed by atoms with Crippen molar-refractivity contribution in [1.29, 1.82) is 0 Å². The summed E-state index contributed by atoms with van der Waals surface area (Å²) >= 11 is 0. The van der Waals surface area contributed by atoms with Crippen LogP contribution in [0, 0.1) is 0 Å². The highest BCUT2D eigenvalue weighted by atomic mass is 16.6. The van der Waals surface area contributed by atoms with Gasteiger partial charge in [0.25, 0.3) is 0 Å². The lowest BCUT2D eigenvalue weighted by Gasteiger charge is -2.17. The van der Waals surface area contributed by atoms with Gasteiger partial charge in [-0.3, -0.25) is 0 Å². The molecule has 2 unspecified atom stereocenters. The number of methoxy groups -OCH3 is 1. The fraction of sp³-hybridized carbons (Fsp3) is 1.00. The van der Waals surface area contributed by atoms with Gasteiger partial charge >= 0.3 is 0 Å². The maximum Gasteiger partial charge on any atom is 0.111 e. The largest absolute Gasteiger partial charge is 0.396 e. The summed E-state index contributed by atoms with van der Waals surface area (Å²) in [6.07, 6.45) is -0.450. The molecule has 3 atom stereocenters. The van der Waals surface area contributed by atoms with Gasteiger partial charge in [-0.2, -0.15) is 0 Å². The van der Waals surface area contributed by atoms with Crippen molar-refractivity contribution in [2.24, 2.45) is 0 Å². The smallest absolute Gasteiger partial charge is 0.111 e. The Hall–Kier alpha value is -0.160. The highest BCUT2D eigenvalue weighted by Crippen LogP contribution is 2.19. The Bertz CT molecular complexity index is 115. The van der Waals surface area contributed by atoms with Crippen molar-refractivity contribution in [2.45, 2.75) is 24.7 Å². The summed E-state index contributed by atoms with van der Waals surface area (Å²) in [5.41, 5.74) is 0. The molecule has 0 radical (unpaired) electrons. The third-order valence-electron chi connectivity index (χ3n) is 1.91. The van der Waals surface area contributed by atoms with Gasteiger partial charge in [0.2, 0.25) is 0 Å². The SMILES string of the molecule is COC1C(CCO)OC[C@H]1O. The van der Waals surface area contributed by atoms with Crippen LogP contribution in [0.3, 0.4) is 0 Å². The fourth-order valence-corrected chi connectivity index (χ4v) is 1.34. The Morgan fingerprint density at radius 1 is 1.64 bits per heavy atom. The van der Waals surface area contributed by atoms with Crippen LogP contribution in [0.25, 0.3) is 0 Å². The van der Waals surface area contributed by atoms with E-state index in [-0.39, 0.29) is 18.8 Å². The molecule has 1 saturated heterocycles. The fourth-order valence-electron chi connectivity index (χ4n) is 1.34.